The predicted molar refractivity (Wildman–Crippen MR) is 95.7 cm³/mol. The van der Waals surface area contributed by atoms with Crippen LogP contribution < -0.4 is 5.32 Å². The van der Waals surface area contributed by atoms with Gasteiger partial charge in [-0.2, -0.15) is 4.98 Å². The first kappa shape index (κ1) is 16.1. The number of rotatable bonds is 5. The van der Waals surface area contributed by atoms with Gasteiger partial charge in [0.15, 0.2) is 5.82 Å². The molecule has 130 valence electrons. The van der Waals surface area contributed by atoms with Crippen LogP contribution in [0.15, 0.2) is 63.5 Å². The van der Waals surface area contributed by atoms with Crippen molar-refractivity contribution >= 4 is 16.9 Å². The Bertz CT molecular complexity index is 1050. The van der Waals surface area contributed by atoms with E-state index in [-0.39, 0.29) is 12.5 Å². The zero-order valence-corrected chi connectivity index (χ0v) is 14.2. The Labute approximate surface area is 149 Å². The molecule has 0 aliphatic heterocycles. The maximum Gasteiger partial charge on any atom is 0.251 e. The third-order valence-corrected chi connectivity index (χ3v) is 4.02. The topological polar surface area (TPSA) is 81.2 Å². The van der Waals surface area contributed by atoms with Gasteiger partial charge in [-0.3, -0.25) is 4.79 Å². The fourth-order valence-electron chi connectivity index (χ4n) is 2.78. The first-order valence-corrected chi connectivity index (χ1v) is 8.31. The number of hydrogen-bond acceptors (Lipinski definition) is 5. The number of carbonyl (C=O) groups excluding carboxylic acids is 1. The Kier molecular flexibility index (Phi) is 4.23. The molecule has 4 aromatic rings. The second kappa shape index (κ2) is 6.84. The Balaban J connectivity index is 1.39. The molecule has 0 aliphatic rings. The molecule has 1 amide bonds. The van der Waals surface area contributed by atoms with E-state index in [1.165, 1.54) is 0 Å². The van der Waals surface area contributed by atoms with E-state index >= 15 is 0 Å². The van der Waals surface area contributed by atoms with Crippen LogP contribution in [0.3, 0.4) is 0 Å². The van der Waals surface area contributed by atoms with E-state index in [4.69, 9.17) is 8.94 Å². The highest BCUT2D eigenvalue weighted by Gasteiger charge is 2.11. The number of furan rings is 1. The minimum atomic E-state index is -0.194. The van der Waals surface area contributed by atoms with Crippen LogP contribution in [-0.2, 0) is 13.0 Å². The van der Waals surface area contributed by atoms with Crippen LogP contribution in [0.4, 0.5) is 0 Å². The molecule has 2 heterocycles. The molecule has 2 aromatic carbocycles. The van der Waals surface area contributed by atoms with Gasteiger partial charge in [-0.25, -0.2) is 0 Å². The molecular weight excluding hydrogens is 330 g/mol. The van der Waals surface area contributed by atoms with E-state index in [2.05, 4.69) is 15.5 Å². The molecular formula is C20H17N3O3. The normalized spacial score (nSPS) is 11.0. The second-order valence-corrected chi connectivity index (χ2v) is 6.06. The van der Waals surface area contributed by atoms with Gasteiger partial charge < -0.3 is 14.3 Å². The monoisotopic (exact) mass is 347 g/mol. The molecule has 0 spiro atoms. The molecule has 0 atom stereocenters. The third kappa shape index (κ3) is 3.49. The Morgan fingerprint density at radius 1 is 1.12 bits per heavy atom. The summed E-state index contributed by atoms with van der Waals surface area (Å²) in [7, 11) is 0. The molecule has 0 unspecified atom stereocenters. The lowest BCUT2D eigenvalue weighted by Gasteiger charge is -2.02. The number of aryl methyl sites for hydroxylation is 1. The summed E-state index contributed by atoms with van der Waals surface area (Å²) in [4.78, 5) is 16.7. The molecule has 4 rings (SSSR count). The summed E-state index contributed by atoms with van der Waals surface area (Å²) in [6, 6.07) is 17.1. The Hall–Kier alpha value is -3.41. The van der Waals surface area contributed by atoms with Crippen molar-refractivity contribution in [3.8, 4) is 0 Å². The molecule has 6 heteroatoms. The zero-order chi connectivity index (χ0) is 17.9. The van der Waals surface area contributed by atoms with Crippen LogP contribution in [0.25, 0.3) is 11.0 Å². The van der Waals surface area contributed by atoms with Crippen molar-refractivity contribution in [3.05, 3.63) is 83.2 Å². The summed E-state index contributed by atoms with van der Waals surface area (Å²) in [5.74, 6) is 1.59. The number of nitrogens with zero attached hydrogens (tertiary/aromatic N) is 2. The van der Waals surface area contributed by atoms with Gasteiger partial charge in [0.05, 0.1) is 13.0 Å². The molecule has 0 saturated carbocycles. The van der Waals surface area contributed by atoms with Crippen LogP contribution in [0.5, 0.6) is 0 Å². The van der Waals surface area contributed by atoms with E-state index < -0.39 is 0 Å². The fourth-order valence-corrected chi connectivity index (χ4v) is 2.78. The van der Waals surface area contributed by atoms with Crippen LogP contribution in [0.1, 0.15) is 33.4 Å². The molecule has 2 aromatic heterocycles. The number of fused-ring (bicyclic) bond motifs is 1. The smallest absolute Gasteiger partial charge is 0.251 e. The maximum atomic E-state index is 12.3. The van der Waals surface area contributed by atoms with Crippen LogP contribution in [0, 0.1) is 6.92 Å². The van der Waals surface area contributed by atoms with Crippen molar-refractivity contribution in [1.29, 1.82) is 0 Å². The summed E-state index contributed by atoms with van der Waals surface area (Å²) in [5, 5.41) is 7.63. The lowest BCUT2D eigenvalue weighted by atomic mass is 10.1. The highest BCUT2D eigenvalue weighted by atomic mass is 16.5. The van der Waals surface area contributed by atoms with Gasteiger partial charge in [-0.15, -0.1) is 0 Å². The first-order chi connectivity index (χ1) is 12.7. The van der Waals surface area contributed by atoms with Gasteiger partial charge >= 0.3 is 0 Å². The SMILES string of the molecule is Cc1cc2cc(C(=O)NCc3noc(Cc4ccccc4)n3)ccc2o1. The van der Waals surface area contributed by atoms with E-state index in [0.29, 0.717) is 23.7 Å². The van der Waals surface area contributed by atoms with E-state index in [1.807, 2.05) is 43.3 Å². The van der Waals surface area contributed by atoms with Gasteiger partial charge in [0.2, 0.25) is 5.89 Å². The molecule has 0 bridgehead atoms. The standard InChI is InChI=1S/C20H17N3O3/c1-13-9-16-11-15(7-8-17(16)25-13)20(24)21-12-18-22-19(26-23-18)10-14-5-3-2-4-6-14/h2-9,11H,10,12H2,1H3,(H,21,24). The summed E-state index contributed by atoms with van der Waals surface area (Å²) >= 11 is 0. The summed E-state index contributed by atoms with van der Waals surface area (Å²) in [6.07, 6.45) is 0.568. The van der Waals surface area contributed by atoms with Crippen molar-refractivity contribution in [1.82, 2.24) is 15.5 Å². The molecule has 0 saturated heterocycles. The van der Waals surface area contributed by atoms with Crippen LogP contribution >= 0.6 is 0 Å². The fraction of sp³-hybridized carbons (Fsp3) is 0.150. The number of aromatic nitrogens is 2. The molecule has 26 heavy (non-hydrogen) atoms. The molecule has 1 N–H and O–H groups in total. The number of amides is 1. The van der Waals surface area contributed by atoms with E-state index in [1.54, 1.807) is 18.2 Å². The van der Waals surface area contributed by atoms with E-state index in [9.17, 15) is 4.79 Å². The highest BCUT2D eigenvalue weighted by molar-refractivity contribution is 5.97. The summed E-state index contributed by atoms with van der Waals surface area (Å²) in [5.41, 5.74) is 2.42. The van der Waals surface area contributed by atoms with Gasteiger partial charge in [-0.1, -0.05) is 35.5 Å². The quantitative estimate of drug-likeness (QED) is 0.596. The number of benzene rings is 2. The van der Waals surface area contributed by atoms with E-state index in [0.717, 1.165) is 22.3 Å². The average molecular weight is 347 g/mol. The van der Waals surface area contributed by atoms with Crippen LogP contribution in [-0.4, -0.2) is 16.0 Å². The number of hydrogen-bond donors (Lipinski definition) is 1. The van der Waals surface area contributed by atoms with Gasteiger partial charge in [0, 0.05) is 10.9 Å². The van der Waals surface area contributed by atoms with Crippen molar-refractivity contribution in [3.63, 3.8) is 0 Å². The first-order valence-electron chi connectivity index (χ1n) is 8.31. The number of nitrogens with one attached hydrogen (secondary N) is 1. The minimum absolute atomic E-state index is 0.194. The largest absolute Gasteiger partial charge is 0.461 e. The number of carbonyl (C=O) groups is 1. The van der Waals surface area contributed by atoms with Crippen molar-refractivity contribution in [2.24, 2.45) is 0 Å². The Morgan fingerprint density at radius 2 is 1.96 bits per heavy atom. The summed E-state index contributed by atoms with van der Waals surface area (Å²) < 4.78 is 10.8. The van der Waals surface area contributed by atoms with Crippen molar-refractivity contribution in [2.45, 2.75) is 19.9 Å². The zero-order valence-electron chi connectivity index (χ0n) is 14.2. The molecule has 0 aliphatic carbocycles. The molecule has 0 fully saturated rings. The Morgan fingerprint density at radius 3 is 2.81 bits per heavy atom. The maximum absolute atomic E-state index is 12.3. The summed E-state index contributed by atoms with van der Waals surface area (Å²) in [6.45, 7) is 2.09. The van der Waals surface area contributed by atoms with Gasteiger partial charge in [-0.05, 0) is 36.8 Å². The average Bonchev–Trinajstić information content (AvgIpc) is 3.25. The van der Waals surface area contributed by atoms with Crippen molar-refractivity contribution < 1.29 is 13.7 Å². The third-order valence-electron chi connectivity index (χ3n) is 4.02. The predicted octanol–water partition coefficient (Wildman–Crippen LogP) is 3.65. The minimum Gasteiger partial charge on any atom is -0.461 e. The molecule has 0 radical (unpaired) electrons. The lowest BCUT2D eigenvalue weighted by molar-refractivity contribution is 0.0950. The van der Waals surface area contributed by atoms with Crippen molar-refractivity contribution in [2.75, 3.05) is 0 Å². The van der Waals surface area contributed by atoms with Crippen LogP contribution in [0.2, 0.25) is 0 Å². The lowest BCUT2D eigenvalue weighted by Crippen LogP contribution is -2.23. The highest BCUT2D eigenvalue weighted by Crippen LogP contribution is 2.20. The second-order valence-electron chi connectivity index (χ2n) is 6.06. The van der Waals surface area contributed by atoms with Gasteiger partial charge in [0.25, 0.3) is 5.91 Å². The van der Waals surface area contributed by atoms with Gasteiger partial charge in [0.1, 0.15) is 11.3 Å². The molecule has 6 nitrogen and oxygen atoms in total.